The number of aromatic nitrogens is 2. The quantitative estimate of drug-likeness (QED) is 0.617. The number of carbonyl (C=O) groups is 1. The number of hydrogen-bond donors (Lipinski definition) is 1. The first kappa shape index (κ1) is 22.7. The third kappa shape index (κ3) is 5.22. The van der Waals surface area contributed by atoms with Crippen molar-refractivity contribution in [1.82, 2.24) is 15.1 Å². The highest BCUT2D eigenvalue weighted by molar-refractivity contribution is 6.33. The summed E-state index contributed by atoms with van der Waals surface area (Å²) < 4.78 is 0. The molecule has 5 rings (SSSR count). The zero-order valence-electron chi connectivity index (χ0n) is 18.9. The summed E-state index contributed by atoms with van der Waals surface area (Å²) in [5, 5.41) is 14.0. The van der Waals surface area contributed by atoms with Crippen LogP contribution in [0.5, 0.6) is 0 Å². The van der Waals surface area contributed by atoms with E-state index in [0.29, 0.717) is 17.5 Å². The first-order chi connectivity index (χ1) is 16.1. The van der Waals surface area contributed by atoms with Crippen LogP contribution in [0.4, 0.5) is 11.5 Å². The van der Waals surface area contributed by atoms with Crippen LogP contribution in [0.3, 0.4) is 0 Å². The lowest BCUT2D eigenvalue weighted by molar-refractivity contribution is -0.136. The van der Waals surface area contributed by atoms with E-state index in [0.717, 1.165) is 92.4 Å². The van der Waals surface area contributed by atoms with E-state index in [4.69, 9.17) is 23.2 Å². The maximum Gasteiger partial charge on any atom is 0.225 e. The Morgan fingerprint density at radius 1 is 1.03 bits per heavy atom. The van der Waals surface area contributed by atoms with Gasteiger partial charge in [0.05, 0.1) is 11.4 Å². The lowest BCUT2D eigenvalue weighted by Gasteiger charge is -2.31. The van der Waals surface area contributed by atoms with Crippen LogP contribution < -0.4 is 10.2 Å². The molecule has 3 heterocycles. The van der Waals surface area contributed by atoms with Gasteiger partial charge >= 0.3 is 0 Å². The molecule has 2 atom stereocenters. The van der Waals surface area contributed by atoms with Gasteiger partial charge in [-0.1, -0.05) is 23.2 Å². The van der Waals surface area contributed by atoms with E-state index in [2.05, 4.69) is 31.4 Å². The molecule has 1 saturated heterocycles. The summed E-state index contributed by atoms with van der Waals surface area (Å²) in [6.45, 7) is 3.48. The Balaban J connectivity index is 1.26. The van der Waals surface area contributed by atoms with Gasteiger partial charge in [-0.2, -0.15) is 5.10 Å². The van der Waals surface area contributed by atoms with Crippen molar-refractivity contribution in [1.29, 1.82) is 0 Å². The molecule has 0 radical (unpaired) electrons. The second-order valence-electron chi connectivity index (χ2n) is 9.56. The summed E-state index contributed by atoms with van der Waals surface area (Å²) in [5.41, 5.74) is 3.14. The van der Waals surface area contributed by atoms with Gasteiger partial charge in [-0.25, -0.2) is 0 Å². The van der Waals surface area contributed by atoms with Crippen molar-refractivity contribution in [2.24, 2.45) is 5.92 Å². The first-order valence-corrected chi connectivity index (χ1v) is 12.9. The number of halogens is 2. The van der Waals surface area contributed by atoms with Gasteiger partial charge in [0.15, 0.2) is 5.82 Å². The number of hydrogen-bond acceptors (Lipinski definition) is 5. The second-order valence-corrected chi connectivity index (χ2v) is 10.4. The van der Waals surface area contributed by atoms with Crippen LogP contribution in [0.1, 0.15) is 56.2 Å². The molecule has 0 spiro atoms. The van der Waals surface area contributed by atoms with Gasteiger partial charge in [-0.3, -0.25) is 4.79 Å². The minimum Gasteiger partial charge on any atom is -0.366 e. The molecule has 1 aromatic heterocycles. The topological polar surface area (TPSA) is 61.4 Å². The van der Waals surface area contributed by atoms with Crippen LogP contribution >= 0.6 is 23.2 Å². The number of nitrogens with zero attached hydrogens (tertiary/aromatic N) is 4. The van der Waals surface area contributed by atoms with E-state index >= 15 is 0 Å². The largest absolute Gasteiger partial charge is 0.366 e. The zero-order valence-corrected chi connectivity index (χ0v) is 20.4. The third-order valence-electron chi connectivity index (χ3n) is 7.20. The van der Waals surface area contributed by atoms with Crippen molar-refractivity contribution in [3.63, 3.8) is 0 Å². The average molecular weight is 488 g/mol. The Morgan fingerprint density at radius 2 is 1.88 bits per heavy atom. The molecule has 2 fully saturated rings. The SMILES string of the molecule is O=C(C1CCC(Nc2cc3c(nn2)CCCN3Cc2cc(Cl)ccc2Cl)C1)N1CCCCC1. The molecular weight excluding hydrogens is 457 g/mol. The summed E-state index contributed by atoms with van der Waals surface area (Å²) in [5.74, 6) is 1.27. The number of rotatable bonds is 5. The molecule has 1 aliphatic carbocycles. The summed E-state index contributed by atoms with van der Waals surface area (Å²) in [6, 6.07) is 7.97. The van der Waals surface area contributed by atoms with Gasteiger partial charge in [0.1, 0.15) is 0 Å². The zero-order chi connectivity index (χ0) is 22.8. The van der Waals surface area contributed by atoms with Crippen LogP contribution in [0.2, 0.25) is 10.0 Å². The van der Waals surface area contributed by atoms with Gasteiger partial charge in [0, 0.05) is 54.3 Å². The monoisotopic (exact) mass is 487 g/mol. The molecule has 3 aliphatic rings. The van der Waals surface area contributed by atoms with Gasteiger partial charge < -0.3 is 15.1 Å². The van der Waals surface area contributed by atoms with Crippen LogP contribution in [-0.2, 0) is 17.8 Å². The van der Waals surface area contributed by atoms with Crippen molar-refractivity contribution in [3.8, 4) is 0 Å². The standard InChI is InChI=1S/C25H31Cl2N5O/c26-19-7-9-21(27)18(13-19)16-32-12-4-5-22-23(32)15-24(30-29-22)28-20-8-6-17(14-20)25(33)31-10-2-1-3-11-31/h7,9,13,15,17,20H,1-6,8,10-12,14,16H2,(H,28,30). The Morgan fingerprint density at radius 3 is 2.73 bits per heavy atom. The maximum atomic E-state index is 12.9. The number of amides is 1. The number of carbonyl (C=O) groups excluding carboxylic acids is 1. The molecule has 1 amide bonds. The molecule has 33 heavy (non-hydrogen) atoms. The highest BCUT2D eigenvalue weighted by Gasteiger charge is 2.33. The Labute approximate surface area is 205 Å². The number of piperidine rings is 1. The van der Waals surface area contributed by atoms with E-state index in [-0.39, 0.29) is 12.0 Å². The van der Waals surface area contributed by atoms with E-state index < -0.39 is 0 Å². The average Bonchev–Trinajstić information content (AvgIpc) is 3.30. The normalized spacial score (nSPS) is 22.8. The van der Waals surface area contributed by atoms with Gasteiger partial charge in [0.25, 0.3) is 0 Å². The molecule has 0 bridgehead atoms. The van der Waals surface area contributed by atoms with E-state index in [1.165, 1.54) is 6.42 Å². The molecule has 1 N–H and O–H groups in total. The lowest BCUT2D eigenvalue weighted by atomic mass is 10.0. The second kappa shape index (κ2) is 10.1. The van der Waals surface area contributed by atoms with Gasteiger partial charge in [-0.05, 0) is 75.1 Å². The fourth-order valence-corrected chi connectivity index (χ4v) is 5.81. The highest BCUT2D eigenvalue weighted by atomic mass is 35.5. The molecule has 1 saturated carbocycles. The van der Waals surface area contributed by atoms with E-state index in [9.17, 15) is 4.79 Å². The number of nitrogens with one attached hydrogen (secondary N) is 1. The molecule has 2 unspecified atom stereocenters. The van der Waals surface area contributed by atoms with Gasteiger partial charge in [-0.15, -0.1) is 5.10 Å². The predicted molar refractivity (Wildman–Crippen MR) is 133 cm³/mol. The first-order valence-electron chi connectivity index (χ1n) is 12.2. The van der Waals surface area contributed by atoms with E-state index in [1.54, 1.807) is 0 Å². The molecule has 2 aromatic rings. The van der Waals surface area contributed by atoms with Gasteiger partial charge in [0.2, 0.25) is 5.91 Å². The minimum absolute atomic E-state index is 0.132. The number of aryl methyl sites for hydroxylation is 1. The summed E-state index contributed by atoms with van der Waals surface area (Å²) in [7, 11) is 0. The van der Waals surface area contributed by atoms with Crippen LogP contribution in [-0.4, -0.2) is 46.7 Å². The van der Waals surface area contributed by atoms with Crippen molar-refractivity contribution < 1.29 is 4.79 Å². The van der Waals surface area contributed by atoms with Crippen molar-refractivity contribution in [2.45, 2.75) is 64.0 Å². The Hall–Kier alpha value is -2.05. The minimum atomic E-state index is 0.132. The summed E-state index contributed by atoms with van der Waals surface area (Å²) in [6.07, 6.45) is 8.30. The summed E-state index contributed by atoms with van der Waals surface area (Å²) >= 11 is 12.6. The molecule has 6 nitrogen and oxygen atoms in total. The molecule has 1 aromatic carbocycles. The van der Waals surface area contributed by atoms with Crippen LogP contribution in [0.15, 0.2) is 24.3 Å². The smallest absolute Gasteiger partial charge is 0.225 e. The number of benzene rings is 1. The number of fused-ring (bicyclic) bond motifs is 1. The Kier molecular flexibility index (Phi) is 6.93. The van der Waals surface area contributed by atoms with Crippen LogP contribution in [0, 0.1) is 5.92 Å². The molecule has 8 heteroatoms. The molecule has 2 aliphatic heterocycles. The summed E-state index contributed by atoms with van der Waals surface area (Å²) in [4.78, 5) is 17.3. The fourth-order valence-electron chi connectivity index (χ4n) is 5.44. The van der Waals surface area contributed by atoms with Crippen molar-refractivity contribution in [2.75, 3.05) is 29.9 Å². The number of anilines is 2. The Bertz CT molecular complexity index is 1010. The highest BCUT2D eigenvalue weighted by Crippen LogP contribution is 2.33. The van der Waals surface area contributed by atoms with E-state index in [1.807, 2.05) is 18.2 Å². The molecule has 176 valence electrons. The van der Waals surface area contributed by atoms with Crippen molar-refractivity contribution >= 4 is 40.6 Å². The van der Waals surface area contributed by atoms with Crippen molar-refractivity contribution in [3.05, 3.63) is 45.6 Å². The molecular formula is C25H31Cl2N5O. The third-order valence-corrected chi connectivity index (χ3v) is 7.80. The fraction of sp³-hybridized carbons (Fsp3) is 0.560. The van der Waals surface area contributed by atoms with Crippen LogP contribution in [0.25, 0.3) is 0 Å². The number of likely N-dealkylation sites (tertiary alicyclic amines) is 1. The maximum absolute atomic E-state index is 12.9. The predicted octanol–water partition coefficient (Wildman–Crippen LogP) is 5.33. The lowest BCUT2D eigenvalue weighted by Crippen LogP contribution is -2.39.